The molecule has 0 aromatic rings. The Morgan fingerprint density at radius 1 is 1.25 bits per heavy atom. The number of carbonyl (C=O) groups excluding carboxylic acids is 1. The molecule has 0 aromatic carbocycles. The maximum atomic E-state index is 12.6. The molecule has 118 valence electrons. The molecule has 0 aromatic heterocycles. The Morgan fingerprint density at radius 3 is 2.40 bits per heavy atom. The van der Waals surface area contributed by atoms with E-state index in [1.54, 1.807) is 0 Å². The molecule has 1 aliphatic rings. The van der Waals surface area contributed by atoms with Crippen molar-refractivity contribution < 1.29 is 9.22 Å². The van der Waals surface area contributed by atoms with Crippen molar-refractivity contribution in [1.82, 2.24) is 0 Å². The van der Waals surface area contributed by atoms with E-state index in [0.29, 0.717) is 11.7 Å². The van der Waals surface area contributed by atoms with Crippen molar-refractivity contribution in [2.24, 2.45) is 11.8 Å². The molecule has 0 spiro atoms. The van der Waals surface area contributed by atoms with Crippen molar-refractivity contribution in [3.63, 3.8) is 0 Å². The Kier molecular flexibility index (Phi) is 6.46. The lowest BCUT2D eigenvalue weighted by Crippen LogP contribution is -2.54. The fraction of sp³-hybridized carbons (Fsp3) is 0.941. The third kappa shape index (κ3) is 4.69. The summed E-state index contributed by atoms with van der Waals surface area (Å²) < 4.78 is 6.69. The van der Waals surface area contributed by atoms with Crippen molar-refractivity contribution in [3.05, 3.63) is 0 Å². The minimum atomic E-state index is -1.65. The lowest BCUT2D eigenvalue weighted by atomic mass is 9.67. The van der Waals surface area contributed by atoms with Crippen LogP contribution in [0.3, 0.4) is 0 Å². The Hall–Kier alpha value is -0.153. The topological polar surface area (TPSA) is 26.3 Å². The van der Waals surface area contributed by atoms with Gasteiger partial charge in [-0.2, -0.15) is 0 Å². The summed E-state index contributed by atoms with van der Waals surface area (Å²) in [6.45, 7) is 13.4. The standard InChI is InChI=1S/C17H34O2Si/c1-7-9-11-17(19-20(4,5)6)13-14(3)12-16(18)15(17)10-8-2/h14-15H,7-13H2,1-6H3/t14-,15+,17?/m1/s1. The van der Waals surface area contributed by atoms with Gasteiger partial charge in [-0.05, 0) is 44.8 Å². The van der Waals surface area contributed by atoms with E-state index in [9.17, 15) is 4.79 Å². The van der Waals surface area contributed by atoms with Crippen LogP contribution in [0.4, 0.5) is 0 Å². The van der Waals surface area contributed by atoms with Gasteiger partial charge in [0.1, 0.15) is 5.78 Å². The highest BCUT2D eigenvalue weighted by atomic mass is 28.4. The normalized spacial score (nSPS) is 31.6. The molecule has 20 heavy (non-hydrogen) atoms. The number of rotatable bonds is 7. The maximum Gasteiger partial charge on any atom is 0.184 e. The molecule has 0 aliphatic heterocycles. The van der Waals surface area contributed by atoms with Crippen LogP contribution in [-0.2, 0) is 9.22 Å². The fourth-order valence-electron chi connectivity index (χ4n) is 3.82. The number of unbranched alkanes of at least 4 members (excludes halogenated alkanes) is 1. The van der Waals surface area contributed by atoms with Gasteiger partial charge in [-0.3, -0.25) is 4.79 Å². The molecule has 0 amide bonds. The fourth-order valence-corrected chi connectivity index (χ4v) is 5.37. The summed E-state index contributed by atoms with van der Waals surface area (Å²) in [4.78, 5) is 12.6. The molecule has 1 rings (SSSR count). The summed E-state index contributed by atoms with van der Waals surface area (Å²) in [5, 5.41) is 0. The quantitative estimate of drug-likeness (QED) is 0.605. The van der Waals surface area contributed by atoms with E-state index in [0.717, 1.165) is 32.1 Å². The number of hydrogen-bond acceptors (Lipinski definition) is 2. The monoisotopic (exact) mass is 298 g/mol. The second-order valence-corrected chi connectivity index (χ2v) is 12.1. The Balaban J connectivity index is 3.07. The molecular weight excluding hydrogens is 264 g/mol. The summed E-state index contributed by atoms with van der Waals surface area (Å²) in [7, 11) is -1.65. The number of hydrogen-bond donors (Lipinski definition) is 0. The second-order valence-electron chi connectivity index (χ2n) is 7.70. The summed E-state index contributed by atoms with van der Waals surface area (Å²) in [6.07, 6.45) is 7.33. The lowest BCUT2D eigenvalue weighted by Gasteiger charge is -2.49. The summed E-state index contributed by atoms with van der Waals surface area (Å²) in [6, 6.07) is 0. The molecule has 1 unspecified atom stereocenters. The van der Waals surface area contributed by atoms with E-state index in [1.165, 1.54) is 12.8 Å². The van der Waals surface area contributed by atoms with Gasteiger partial charge in [0.2, 0.25) is 0 Å². The molecule has 2 nitrogen and oxygen atoms in total. The zero-order valence-electron chi connectivity index (χ0n) is 14.4. The van der Waals surface area contributed by atoms with Gasteiger partial charge in [0, 0.05) is 12.3 Å². The minimum absolute atomic E-state index is 0.141. The predicted octanol–water partition coefficient (Wildman–Crippen LogP) is 5.18. The highest BCUT2D eigenvalue weighted by Crippen LogP contribution is 2.44. The van der Waals surface area contributed by atoms with Gasteiger partial charge in [0.05, 0.1) is 5.60 Å². The average molecular weight is 299 g/mol. The molecule has 0 bridgehead atoms. The van der Waals surface area contributed by atoms with Crippen LogP contribution in [0.1, 0.15) is 65.7 Å². The van der Waals surface area contributed by atoms with E-state index in [-0.39, 0.29) is 11.5 Å². The van der Waals surface area contributed by atoms with Crippen LogP contribution >= 0.6 is 0 Å². The molecule has 3 heteroatoms. The zero-order chi connectivity index (χ0) is 15.4. The molecule has 0 radical (unpaired) electrons. The first-order valence-electron chi connectivity index (χ1n) is 8.47. The molecular formula is C17H34O2Si. The van der Waals surface area contributed by atoms with E-state index in [1.807, 2.05) is 0 Å². The molecule has 1 aliphatic carbocycles. The van der Waals surface area contributed by atoms with Gasteiger partial charge < -0.3 is 4.43 Å². The van der Waals surface area contributed by atoms with Crippen LogP contribution in [0.25, 0.3) is 0 Å². The smallest absolute Gasteiger partial charge is 0.184 e. The van der Waals surface area contributed by atoms with Gasteiger partial charge >= 0.3 is 0 Å². The van der Waals surface area contributed by atoms with E-state index >= 15 is 0 Å². The van der Waals surface area contributed by atoms with Crippen molar-refractivity contribution in [2.75, 3.05) is 0 Å². The molecule has 0 N–H and O–H groups in total. The van der Waals surface area contributed by atoms with Gasteiger partial charge in [0.15, 0.2) is 8.32 Å². The van der Waals surface area contributed by atoms with Crippen LogP contribution in [0.5, 0.6) is 0 Å². The number of carbonyl (C=O) groups is 1. The summed E-state index contributed by atoms with van der Waals surface area (Å²) in [5.74, 6) is 1.07. The lowest BCUT2D eigenvalue weighted by molar-refractivity contribution is -0.141. The van der Waals surface area contributed by atoms with Gasteiger partial charge in [-0.25, -0.2) is 0 Å². The Labute approximate surface area is 126 Å². The van der Waals surface area contributed by atoms with Crippen LogP contribution in [-0.4, -0.2) is 19.7 Å². The average Bonchev–Trinajstić information content (AvgIpc) is 2.29. The van der Waals surface area contributed by atoms with Gasteiger partial charge in [-0.1, -0.05) is 40.0 Å². The number of Topliss-reactive ketones (excluding diaryl/α,β-unsaturated/α-hetero) is 1. The number of ketones is 1. The summed E-state index contributed by atoms with van der Waals surface area (Å²) in [5.41, 5.74) is -0.161. The van der Waals surface area contributed by atoms with Crippen LogP contribution in [0.2, 0.25) is 19.6 Å². The highest BCUT2D eigenvalue weighted by Gasteiger charge is 2.49. The van der Waals surface area contributed by atoms with Crippen LogP contribution in [0, 0.1) is 11.8 Å². The largest absolute Gasteiger partial charge is 0.411 e. The first-order chi connectivity index (χ1) is 9.24. The third-order valence-corrected chi connectivity index (χ3v) is 5.33. The van der Waals surface area contributed by atoms with E-state index < -0.39 is 8.32 Å². The van der Waals surface area contributed by atoms with Crippen LogP contribution in [0.15, 0.2) is 0 Å². The highest BCUT2D eigenvalue weighted by molar-refractivity contribution is 6.69. The predicted molar refractivity (Wildman–Crippen MR) is 88.5 cm³/mol. The molecule has 1 fully saturated rings. The van der Waals surface area contributed by atoms with Gasteiger partial charge in [-0.15, -0.1) is 0 Å². The molecule has 3 atom stereocenters. The van der Waals surface area contributed by atoms with Crippen LogP contribution < -0.4 is 0 Å². The minimum Gasteiger partial charge on any atom is -0.411 e. The van der Waals surface area contributed by atoms with Crippen molar-refractivity contribution in [3.8, 4) is 0 Å². The van der Waals surface area contributed by atoms with Crippen molar-refractivity contribution in [1.29, 1.82) is 0 Å². The zero-order valence-corrected chi connectivity index (χ0v) is 15.4. The molecule has 0 saturated heterocycles. The summed E-state index contributed by atoms with van der Waals surface area (Å²) >= 11 is 0. The SMILES string of the molecule is CCCCC1(O[Si](C)(C)C)C[C@H](C)CC(=O)[C@@H]1CCC. The van der Waals surface area contributed by atoms with E-state index in [2.05, 4.69) is 40.4 Å². The maximum absolute atomic E-state index is 12.6. The first-order valence-corrected chi connectivity index (χ1v) is 11.9. The second kappa shape index (κ2) is 7.21. The van der Waals surface area contributed by atoms with E-state index in [4.69, 9.17) is 4.43 Å². The Bertz CT molecular complexity index is 321. The molecule has 0 heterocycles. The third-order valence-electron chi connectivity index (χ3n) is 4.31. The first kappa shape index (κ1) is 17.9. The van der Waals surface area contributed by atoms with Crippen molar-refractivity contribution in [2.45, 2.75) is 91.0 Å². The van der Waals surface area contributed by atoms with Gasteiger partial charge in [0.25, 0.3) is 0 Å². The van der Waals surface area contributed by atoms with Crippen molar-refractivity contribution >= 4 is 14.1 Å². The Morgan fingerprint density at radius 2 is 1.90 bits per heavy atom. The molecule has 1 saturated carbocycles.